The molecule has 5 atom stereocenters. The first-order chi connectivity index (χ1) is 16.5. The van der Waals surface area contributed by atoms with Crippen molar-refractivity contribution in [2.24, 2.45) is 40.7 Å². The molecule has 0 spiro atoms. The topological polar surface area (TPSA) is 110 Å². The Morgan fingerprint density at radius 2 is 1.86 bits per heavy atom. The van der Waals surface area contributed by atoms with Crippen LogP contribution < -0.4 is 11.1 Å². The highest BCUT2D eigenvalue weighted by molar-refractivity contribution is 6.33. The van der Waals surface area contributed by atoms with Crippen LogP contribution in [-0.4, -0.2) is 45.3 Å². The van der Waals surface area contributed by atoms with Gasteiger partial charge >= 0.3 is 0 Å². The van der Waals surface area contributed by atoms with Crippen molar-refractivity contribution in [3.8, 4) is 11.1 Å². The summed E-state index contributed by atoms with van der Waals surface area (Å²) < 4.78 is 1.99. The molecule has 8 nitrogen and oxygen atoms in total. The van der Waals surface area contributed by atoms with Crippen molar-refractivity contribution < 1.29 is 14.4 Å². The van der Waals surface area contributed by atoms with Gasteiger partial charge in [-0.15, -0.1) is 0 Å². The molecular formula is C26H30ClN5O3. The number of halogens is 1. The zero-order chi connectivity index (χ0) is 24.8. The molecule has 2 saturated heterocycles. The molecule has 5 heterocycles. The van der Waals surface area contributed by atoms with E-state index >= 15 is 0 Å². The number of hydrogen-bond acceptors (Lipinski definition) is 4. The van der Waals surface area contributed by atoms with Gasteiger partial charge in [0.15, 0.2) is 0 Å². The van der Waals surface area contributed by atoms with Crippen LogP contribution in [0.1, 0.15) is 43.4 Å². The summed E-state index contributed by atoms with van der Waals surface area (Å²) in [5.74, 6) is 1.79. The first-order valence-electron chi connectivity index (χ1n) is 12.3. The van der Waals surface area contributed by atoms with Gasteiger partial charge in [-0.2, -0.15) is 0 Å². The number of rotatable bonds is 4. The van der Waals surface area contributed by atoms with Crippen molar-refractivity contribution in [3.63, 3.8) is 0 Å². The Morgan fingerprint density at radius 3 is 2.51 bits per heavy atom. The molecule has 0 aromatic carbocycles. The number of nitrogens with zero attached hydrogens (tertiary/aromatic N) is 3. The second kappa shape index (κ2) is 7.56. The first-order valence-corrected chi connectivity index (χ1v) is 12.7. The largest absolute Gasteiger partial charge is 0.364 e. The molecule has 3 saturated carbocycles. The lowest BCUT2D eigenvalue weighted by Crippen LogP contribution is -2.59. The van der Waals surface area contributed by atoms with E-state index < -0.39 is 5.91 Å². The number of fused-ring (bicyclic) bond motifs is 4. The predicted octanol–water partition coefficient (Wildman–Crippen LogP) is 3.18. The number of hydrogen-bond donors (Lipinski definition) is 2. The number of aromatic nitrogens is 2. The molecule has 6 aliphatic rings. The van der Waals surface area contributed by atoms with E-state index in [2.05, 4.69) is 24.1 Å². The molecule has 0 radical (unpaired) electrons. The Bertz CT molecular complexity index is 1270. The number of amides is 3. The lowest BCUT2D eigenvalue weighted by Gasteiger charge is -2.54. The van der Waals surface area contributed by atoms with Crippen molar-refractivity contribution >= 4 is 35.1 Å². The van der Waals surface area contributed by atoms with E-state index in [9.17, 15) is 14.4 Å². The highest BCUT2D eigenvalue weighted by Gasteiger charge is 2.64. The Labute approximate surface area is 209 Å². The van der Waals surface area contributed by atoms with E-state index in [1.165, 1.54) is 0 Å². The minimum atomic E-state index is -0.469. The van der Waals surface area contributed by atoms with Gasteiger partial charge in [0.05, 0.1) is 5.02 Å². The van der Waals surface area contributed by atoms with Gasteiger partial charge in [-0.05, 0) is 54.1 Å². The molecule has 3 aliphatic carbocycles. The normalized spacial score (nSPS) is 29.5. The number of primary amides is 1. The highest BCUT2D eigenvalue weighted by atomic mass is 35.5. The summed E-state index contributed by atoms with van der Waals surface area (Å²) in [5.41, 5.74) is 8.75. The second-order valence-corrected chi connectivity index (χ2v) is 12.0. The summed E-state index contributed by atoms with van der Waals surface area (Å²) in [5, 5.41) is 3.48. The van der Waals surface area contributed by atoms with Crippen molar-refractivity contribution in [2.45, 2.75) is 40.2 Å². The zero-order valence-corrected chi connectivity index (χ0v) is 20.9. The monoisotopic (exact) mass is 495 g/mol. The van der Waals surface area contributed by atoms with Gasteiger partial charge < -0.3 is 20.5 Å². The molecule has 2 aromatic rings. The molecule has 35 heavy (non-hydrogen) atoms. The summed E-state index contributed by atoms with van der Waals surface area (Å²) in [6, 6.07) is 3.59. The minimum absolute atomic E-state index is 0.00536. The average Bonchev–Trinajstić information content (AvgIpc) is 3.53. The average molecular weight is 496 g/mol. The van der Waals surface area contributed by atoms with Crippen LogP contribution in [0.5, 0.6) is 0 Å². The van der Waals surface area contributed by atoms with Crippen LogP contribution in [0.3, 0.4) is 0 Å². The summed E-state index contributed by atoms with van der Waals surface area (Å²) >= 11 is 6.56. The summed E-state index contributed by atoms with van der Waals surface area (Å²) in [6.07, 6.45) is 3.22. The third kappa shape index (κ3) is 3.40. The van der Waals surface area contributed by atoms with Crippen molar-refractivity contribution in [3.05, 3.63) is 34.7 Å². The number of piperidine rings is 2. The molecule has 5 fully saturated rings. The van der Waals surface area contributed by atoms with Gasteiger partial charge in [-0.25, -0.2) is 4.98 Å². The number of nitrogens with two attached hydrogens (primary N) is 1. The molecular weight excluding hydrogens is 466 g/mol. The summed E-state index contributed by atoms with van der Waals surface area (Å²) in [6.45, 7) is 8.19. The van der Waals surface area contributed by atoms with Crippen LogP contribution in [0.2, 0.25) is 5.02 Å². The number of carbonyl (C=O) groups excluding carboxylic acids is 3. The molecule has 3 N–H and O–H groups in total. The standard InChI is InChI=1S/C26H30ClN5O3/c1-12(33)31-9-17-13-4-16(23(17)18(13)10-31)25(35)30-22-6-14(19(27)8-29-22)15-5-20(24(28)34)32-11-26(2,3)7-21(15)32/h5-6,8,13,16-18,23H,4,7,9-11H2,1-3H3,(H2,28,34)(H,29,30,35)/t13?,16-,17-,18+,23?/m0/s1. The van der Waals surface area contributed by atoms with Gasteiger partial charge in [0.25, 0.3) is 5.91 Å². The van der Waals surface area contributed by atoms with Crippen LogP contribution in [0.4, 0.5) is 5.82 Å². The van der Waals surface area contributed by atoms with Gasteiger partial charge in [0.1, 0.15) is 11.5 Å². The first kappa shape index (κ1) is 22.6. The maximum atomic E-state index is 13.3. The molecule has 2 unspecified atom stereocenters. The molecule has 4 bridgehead atoms. The Kier molecular flexibility index (Phi) is 4.88. The molecule has 3 amide bonds. The van der Waals surface area contributed by atoms with Gasteiger partial charge in [0, 0.05) is 55.5 Å². The maximum absolute atomic E-state index is 13.3. The maximum Gasteiger partial charge on any atom is 0.265 e. The van der Waals surface area contributed by atoms with Crippen LogP contribution in [0.15, 0.2) is 18.3 Å². The fraction of sp³-hybridized carbons (Fsp3) is 0.538. The highest BCUT2D eigenvalue weighted by Crippen LogP contribution is 2.63. The van der Waals surface area contributed by atoms with Crippen LogP contribution in [-0.2, 0) is 22.6 Å². The quantitative estimate of drug-likeness (QED) is 0.678. The molecule has 2 aromatic heterocycles. The molecule has 3 aliphatic heterocycles. The second-order valence-electron chi connectivity index (χ2n) is 11.6. The fourth-order valence-electron chi connectivity index (χ4n) is 7.36. The van der Waals surface area contributed by atoms with E-state index in [1.54, 1.807) is 25.3 Å². The van der Waals surface area contributed by atoms with Gasteiger partial charge in [-0.1, -0.05) is 25.4 Å². The van der Waals surface area contributed by atoms with Crippen LogP contribution in [0, 0.1) is 35.0 Å². The van der Waals surface area contributed by atoms with Crippen molar-refractivity contribution in [2.75, 3.05) is 18.4 Å². The Balaban J connectivity index is 1.24. The Hall–Kier alpha value is -2.87. The lowest BCUT2D eigenvalue weighted by atomic mass is 9.59. The summed E-state index contributed by atoms with van der Waals surface area (Å²) in [7, 11) is 0. The zero-order valence-electron chi connectivity index (χ0n) is 20.2. The number of pyridine rings is 1. The third-order valence-corrected chi connectivity index (χ3v) is 9.12. The van der Waals surface area contributed by atoms with Crippen molar-refractivity contribution in [1.82, 2.24) is 14.5 Å². The molecule has 9 heteroatoms. The van der Waals surface area contributed by atoms with Gasteiger partial charge in [-0.3, -0.25) is 14.4 Å². The number of nitrogens with one attached hydrogen (secondary N) is 1. The number of anilines is 1. The SMILES string of the molecule is CC(=O)N1C[C@@H]2C3C[C@H](C(=O)Nc4cc(-c5cc(C(N)=O)n6c5CC(C)(C)C6)c(Cl)cn4)C2[C@H]3C1. The fourth-order valence-corrected chi connectivity index (χ4v) is 7.57. The predicted molar refractivity (Wildman–Crippen MR) is 132 cm³/mol. The van der Waals surface area contributed by atoms with Crippen LogP contribution in [0.25, 0.3) is 11.1 Å². The number of carbonyl (C=O) groups is 3. The lowest BCUT2D eigenvalue weighted by molar-refractivity contribution is -0.143. The van der Waals surface area contributed by atoms with Gasteiger partial charge in [0.2, 0.25) is 11.8 Å². The third-order valence-electron chi connectivity index (χ3n) is 8.81. The van der Waals surface area contributed by atoms with E-state index in [0.29, 0.717) is 46.8 Å². The minimum Gasteiger partial charge on any atom is -0.364 e. The van der Waals surface area contributed by atoms with E-state index in [4.69, 9.17) is 17.3 Å². The van der Waals surface area contributed by atoms with Crippen molar-refractivity contribution in [1.29, 1.82) is 0 Å². The van der Waals surface area contributed by atoms with Crippen LogP contribution >= 0.6 is 11.6 Å². The summed E-state index contributed by atoms with van der Waals surface area (Å²) in [4.78, 5) is 43.5. The van der Waals surface area contributed by atoms with E-state index in [1.807, 2.05) is 9.47 Å². The smallest absolute Gasteiger partial charge is 0.265 e. The molecule has 8 rings (SSSR count). The van der Waals surface area contributed by atoms with E-state index in [-0.39, 0.29) is 23.1 Å². The molecule has 184 valence electrons. The van der Waals surface area contributed by atoms with E-state index in [0.717, 1.165) is 42.8 Å². The Morgan fingerprint density at radius 1 is 1.14 bits per heavy atom.